The molecule has 0 aliphatic heterocycles. The monoisotopic (exact) mass is 336 g/mol. The molecule has 0 saturated heterocycles. The minimum absolute atomic E-state index is 0.235. The van der Waals surface area contributed by atoms with Crippen LogP contribution in [0.3, 0.4) is 0 Å². The first kappa shape index (κ1) is 18.1. The number of benzene rings is 2. The van der Waals surface area contributed by atoms with Crippen molar-refractivity contribution in [3.05, 3.63) is 65.2 Å². The summed E-state index contributed by atoms with van der Waals surface area (Å²) >= 11 is 0. The van der Waals surface area contributed by atoms with E-state index in [9.17, 15) is 9.59 Å². The van der Waals surface area contributed by atoms with E-state index in [-0.39, 0.29) is 12.5 Å². The lowest BCUT2D eigenvalue weighted by Crippen LogP contribution is -2.23. The third-order valence-electron chi connectivity index (χ3n) is 3.51. The van der Waals surface area contributed by atoms with Crippen molar-refractivity contribution >= 4 is 17.6 Å². The molecule has 128 valence electrons. The van der Waals surface area contributed by atoms with Crippen molar-refractivity contribution in [3.8, 4) is 11.8 Å². The molecule has 5 nitrogen and oxygen atoms in total. The number of anilines is 1. The number of methoxy groups -OCH3 is 1. The van der Waals surface area contributed by atoms with Crippen molar-refractivity contribution in [2.24, 2.45) is 0 Å². The topological polar surface area (TPSA) is 58.6 Å². The standard InChI is InChI=1S/C20H20N2O3/c1-22(2)18-9-5-4-7-15(18)8-6-14-21-19(23)16-10-12-17(13-11-16)20(24)25-3/h4-5,7,9-13H,14H2,1-3H3,(H,21,23). The largest absolute Gasteiger partial charge is 0.465 e. The van der Waals surface area contributed by atoms with E-state index < -0.39 is 5.97 Å². The highest BCUT2D eigenvalue weighted by atomic mass is 16.5. The molecule has 0 heterocycles. The van der Waals surface area contributed by atoms with Gasteiger partial charge in [-0.15, -0.1) is 0 Å². The second kappa shape index (κ2) is 8.55. The number of nitrogens with zero attached hydrogens (tertiary/aromatic N) is 1. The lowest BCUT2D eigenvalue weighted by atomic mass is 10.1. The normalized spacial score (nSPS) is 9.56. The Bertz CT molecular complexity index is 815. The highest BCUT2D eigenvalue weighted by molar-refractivity contribution is 5.96. The molecule has 0 aromatic heterocycles. The van der Waals surface area contributed by atoms with Crippen molar-refractivity contribution in [1.29, 1.82) is 0 Å². The first-order valence-electron chi connectivity index (χ1n) is 7.74. The molecular weight excluding hydrogens is 316 g/mol. The molecular formula is C20H20N2O3. The van der Waals surface area contributed by atoms with Gasteiger partial charge in [-0.05, 0) is 36.4 Å². The average molecular weight is 336 g/mol. The van der Waals surface area contributed by atoms with Crippen LogP contribution in [-0.2, 0) is 4.74 Å². The van der Waals surface area contributed by atoms with Gasteiger partial charge in [-0.2, -0.15) is 0 Å². The summed E-state index contributed by atoms with van der Waals surface area (Å²) in [6.45, 7) is 0.235. The average Bonchev–Trinajstić information content (AvgIpc) is 2.64. The molecule has 1 N–H and O–H groups in total. The third kappa shape index (κ3) is 4.85. The van der Waals surface area contributed by atoms with Gasteiger partial charge in [0.1, 0.15) is 0 Å². The minimum atomic E-state index is -0.433. The Morgan fingerprint density at radius 2 is 1.68 bits per heavy atom. The second-order valence-electron chi connectivity index (χ2n) is 5.46. The van der Waals surface area contributed by atoms with E-state index >= 15 is 0 Å². The zero-order valence-corrected chi connectivity index (χ0v) is 14.5. The third-order valence-corrected chi connectivity index (χ3v) is 3.51. The van der Waals surface area contributed by atoms with E-state index in [0.717, 1.165) is 11.3 Å². The Hall–Kier alpha value is -3.26. The van der Waals surface area contributed by atoms with Crippen molar-refractivity contribution in [2.75, 3.05) is 32.6 Å². The molecule has 1 amide bonds. The number of nitrogens with one attached hydrogen (secondary N) is 1. The SMILES string of the molecule is COC(=O)c1ccc(C(=O)NCC#Cc2ccccc2N(C)C)cc1. The van der Waals surface area contributed by atoms with Crippen molar-refractivity contribution in [1.82, 2.24) is 5.32 Å². The van der Waals surface area contributed by atoms with Crippen LogP contribution in [0.4, 0.5) is 5.69 Å². The van der Waals surface area contributed by atoms with Gasteiger partial charge in [0.15, 0.2) is 0 Å². The molecule has 2 rings (SSSR count). The molecule has 0 fully saturated rings. The van der Waals surface area contributed by atoms with Gasteiger partial charge in [0.05, 0.1) is 24.9 Å². The molecule has 5 heteroatoms. The van der Waals surface area contributed by atoms with Gasteiger partial charge in [0.2, 0.25) is 0 Å². The van der Waals surface area contributed by atoms with Gasteiger partial charge in [0.25, 0.3) is 5.91 Å². The van der Waals surface area contributed by atoms with Crippen LogP contribution in [-0.4, -0.2) is 39.6 Å². The van der Waals surface area contributed by atoms with Crippen LogP contribution in [0.2, 0.25) is 0 Å². The van der Waals surface area contributed by atoms with Gasteiger partial charge in [-0.3, -0.25) is 4.79 Å². The smallest absolute Gasteiger partial charge is 0.337 e. The zero-order chi connectivity index (χ0) is 18.2. The molecule has 25 heavy (non-hydrogen) atoms. The fraction of sp³-hybridized carbons (Fsp3) is 0.200. The summed E-state index contributed by atoms with van der Waals surface area (Å²) in [4.78, 5) is 25.4. The number of hydrogen-bond donors (Lipinski definition) is 1. The number of para-hydroxylation sites is 1. The quantitative estimate of drug-likeness (QED) is 0.688. The van der Waals surface area contributed by atoms with Gasteiger partial charge in [-0.25, -0.2) is 4.79 Å². The highest BCUT2D eigenvalue weighted by Crippen LogP contribution is 2.16. The number of amides is 1. The number of esters is 1. The van der Waals surface area contributed by atoms with Gasteiger partial charge in [-0.1, -0.05) is 24.0 Å². The molecule has 0 atom stereocenters. The van der Waals surface area contributed by atoms with Crippen molar-refractivity contribution in [2.45, 2.75) is 0 Å². The Labute approximate surface area is 147 Å². The highest BCUT2D eigenvalue weighted by Gasteiger charge is 2.08. The van der Waals surface area contributed by atoms with Crippen LogP contribution in [0.1, 0.15) is 26.3 Å². The van der Waals surface area contributed by atoms with Gasteiger partial charge < -0.3 is 15.0 Å². The minimum Gasteiger partial charge on any atom is -0.465 e. The summed E-state index contributed by atoms with van der Waals surface area (Å²) in [6, 6.07) is 14.1. The number of carbonyl (C=O) groups excluding carboxylic acids is 2. The summed E-state index contributed by atoms with van der Waals surface area (Å²) < 4.78 is 4.62. The summed E-state index contributed by atoms with van der Waals surface area (Å²) in [7, 11) is 5.23. The summed E-state index contributed by atoms with van der Waals surface area (Å²) in [5.74, 6) is 5.34. The maximum atomic E-state index is 12.1. The molecule has 2 aromatic rings. The predicted octanol–water partition coefficient (Wildman–Crippen LogP) is 2.32. The lowest BCUT2D eigenvalue weighted by molar-refractivity contribution is 0.0600. The van der Waals surface area contributed by atoms with Gasteiger partial charge >= 0.3 is 5.97 Å². The molecule has 0 radical (unpaired) electrons. The fourth-order valence-corrected chi connectivity index (χ4v) is 2.21. The maximum absolute atomic E-state index is 12.1. The second-order valence-corrected chi connectivity index (χ2v) is 5.46. The first-order valence-corrected chi connectivity index (χ1v) is 7.74. The predicted molar refractivity (Wildman–Crippen MR) is 97.8 cm³/mol. The van der Waals surface area contributed by atoms with E-state index in [2.05, 4.69) is 21.9 Å². The van der Waals surface area contributed by atoms with Crippen LogP contribution in [0.25, 0.3) is 0 Å². The molecule has 0 saturated carbocycles. The number of ether oxygens (including phenoxy) is 1. The summed E-state index contributed by atoms with van der Waals surface area (Å²) in [5.41, 5.74) is 2.80. The van der Waals surface area contributed by atoms with E-state index in [1.165, 1.54) is 7.11 Å². The lowest BCUT2D eigenvalue weighted by Gasteiger charge is -2.13. The van der Waals surface area contributed by atoms with Crippen LogP contribution >= 0.6 is 0 Å². The fourth-order valence-electron chi connectivity index (χ4n) is 2.21. The maximum Gasteiger partial charge on any atom is 0.337 e. The van der Waals surface area contributed by atoms with Crippen LogP contribution in [0, 0.1) is 11.8 Å². The van der Waals surface area contributed by atoms with Crippen molar-refractivity contribution < 1.29 is 14.3 Å². The van der Waals surface area contributed by atoms with Crippen molar-refractivity contribution in [3.63, 3.8) is 0 Å². The van der Waals surface area contributed by atoms with Gasteiger partial charge in [0, 0.05) is 25.2 Å². The Kier molecular flexibility index (Phi) is 6.19. The molecule has 0 unspecified atom stereocenters. The van der Waals surface area contributed by atoms with Crippen LogP contribution in [0.5, 0.6) is 0 Å². The van der Waals surface area contributed by atoms with E-state index in [0.29, 0.717) is 11.1 Å². The zero-order valence-electron chi connectivity index (χ0n) is 14.5. The Morgan fingerprint density at radius 1 is 1.04 bits per heavy atom. The first-order chi connectivity index (χ1) is 12.0. The molecule has 0 aliphatic rings. The van der Waals surface area contributed by atoms with Crippen LogP contribution < -0.4 is 10.2 Å². The summed E-state index contributed by atoms with van der Waals surface area (Å²) in [5, 5.41) is 2.74. The molecule has 0 aliphatic carbocycles. The van der Waals surface area contributed by atoms with E-state index in [1.54, 1.807) is 24.3 Å². The number of carbonyl (C=O) groups is 2. The van der Waals surface area contributed by atoms with Crippen LogP contribution in [0.15, 0.2) is 48.5 Å². The molecule has 0 bridgehead atoms. The number of hydrogen-bond acceptors (Lipinski definition) is 4. The Morgan fingerprint density at radius 3 is 2.32 bits per heavy atom. The summed E-state index contributed by atoms with van der Waals surface area (Å²) in [6.07, 6.45) is 0. The van der Waals surface area contributed by atoms with E-state index in [1.807, 2.05) is 43.3 Å². The molecule has 2 aromatic carbocycles. The molecule has 0 spiro atoms. The Balaban J connectivity index is 1.97. The van der Waals surface area contributed by atoms with E-state index in [4.69, 9.17) is 0 Å². The number of rotatable bonds is 4.